The van der Waals surface area contributed by atoms with Crippen molar-refractivity contribution in [3.63, 3.8) is 0 Å². The Balaban J connectivity index is 1.57. The number of pyridine rings is 1. The molecule has 0 fully saturated rings. The second-order valence-electron chi connectivity index (χ2n) is 6.52. The predicted molar refractivity (Wildman–Crippen MR) is 103 cm³/mol. The monoisotopic (exact) mass is 394 g/mol. The van der Waals surface area contributed by atoms with Crippen molar-refractivity contribution < 1.29 is 24.2 Å². The number of aromatic nitrogens is 1. The van der Waals surface area contributed by atoms with Crippen LogP contribution >= 0.6 is 0 Å². The van der Waals surface area contributed by atoms with Gasteiger partial charge in [-0.1, -0.05) is 12.1 Å². The number of nitrogens with zero attached hydrogens (tertiary/aromatic N) is 2. The molecule has 4 rings (SSSR count). The Labute approximate surface area is 166 Å². The average molecular weight is 394 g/mol. The summed E-state index contributed by atoms with van der Waals surface area (Å²) >= 11 is 0. The summed E-state index contributed by atoms with van der Waals surface area (Å²) in [6, 6.07) is 15.2. The molecule has 0 aliphatic carbocycles. The van der Waals surface area contributed by atoms with Gasteiger partial charge >= 0.3 is 5.69 Å². The highest BCUT2D eigenvalue weighted by atomic mass is 16.6. The molecule has 0 saturated carbocycles. The van der Waals surface area contributed by atoms with Gasteiger partial charge < -0.3 is 19.3 Å². The van der Waals surface area contributed by atoms with E-state index in [1.807, 2.05) is 24.3 Å². The van der Waals surface area contributed by atoms with Crippen LogP contribution in [0, 0.1) is 10.1 Å². The van der Waals surface area contributed by atoms with Gasteiger partial charge in [0.2, 0.25) is 0 Å². The molecule has 0 unspecified atom stereocenters. The number of nitro groups is 1. The smallest absolute Gasteiger partial charge is 0.331 e. The van der Waals surface area contributed by atoms with E-state index in [-0.39, 0.29) is 17.7 Å². The molecule has 2 heterocycles. The van der Waals surface area contributed by atoms with Gasteiger partial charge in [-0.15, -0.1) is 0 Å². The first-order valence-corrected chi connectivity index (χ1v) is 8.95. The number of ether oxygens (including phenoxy) is 3. The summed E-state index contributed by atoms with van der Waals surface area (Å²) in [5, 5.41) is 21.8. The van der Waals surface area contributed by atoms with Crippen LogP contribution in [-0.4, -0.2) is 22.1 Å². The summed E-state index contributed by atoms with van der Waals surface area (Å²) < 4.78 is 16.8. The maximum absolute atomic E-state index is 11.1. The van der Waals surface area contributed by atoms with Crippen LogP contribution in [0.4, 0.5) is 5.69 Å². The molecule has 2 atom stereocenters. The summed E-state index contributed by atoms with van der Waals surface area (Å²) in [7, 11) is 1.60. The third kappa shape index (κ3) is 3.83. The van der Waals surface area contributed by atoms with E-state index in [1.54, 1.807) is 25.3 Å². The van der Waals surface area contributed by atoms with Crippen LogP contribution in [0.2, 0.25) is 0 Å². The van der Waals surface area contributed by atoms with E-state index in [4.69, 9.17) is 14.2 Å². The van der Waals surface area contributed by atoms with Crippen LogP contribution in [0.5, 0.6) is 23.1 Å². The molecule has 0 saturated heterocycles. The Morgan fingerprint density at radius 2 is 1.93 bits per heavy atom. The molecule has 1 aromatic heterocycles. The zero-order chi connectivity index (χ0) is 20.4. The van der Waals surface area contributed by atoms with Crippen molar-refractivity contribution in [1.82, 2.24) is 4.98 Å². The van der Waals surface area contributed by atoms with E-state index in [0.717, 1.165) is 11.3 Å². The van der Waals surface area contributed by atoms with E-state index >= 15 is 0 Å². The number of hydrogen-bond donors (Lipinski definition) is 1. The normalized spacial score (nSPS) is 17.7. The quantitative estimate of drug-likeness (QED) is 0.507. The number of methoxy groups -OCH3 is 1. The highest BCUT2D eigenvalue weighted by molar-refractivity contribution is 5.47. The second kappa shape index (κ2) is 7.76. The molecular weight excluding hydrogens is 376 g/mol. The molecule has 0 spiro atoms. The third-order valence-corrected chi connectivity index (χ3v) is 4.70. The zero-order valence-corrected chi connectivity index (χ0v) is 15.5. The SMILES string of the molecule is COc1ccc([C@@H]2C[C@H](O)c3cc(Oc4ncccc4[N+](=O)[O-])ccc3O2)cc1. The van der Waals surface area contributed by atoms with Gasteiger partial charge in [-0.25, -0.2) is 4.98 Å². The summed E-state index contributed by atoms with van der Waals surface area (Å²) in [5.41, 5.74) is 1.26. The average Bonchev–Trinajstić information content (AvgIpc) is 2.74. The lowest BCUT2D eigenvalue weighted by Crippen LogP contribution is -2.19. The van der Waals surface area contributed by atoms with Crippen LogP contribution < -0.4 is 14.2 Å². The standard InChI is InChI=1S/C21H18N2O6/c1-27-14-6-4-13(5-7-14)20-12-18(24)16-11-15(8-9-19(16)29-20)28-21-17(23(25)26)3-2-10-22-21/h2-11,18,20,24H,12H2,1H3/t18-,20-/m0/s1. The van der Waals surface area contributed by atoms with Crippen molar-refractivity contribution in [2.45, 2.75) is 18.6 Å². The lowest BCUT2D eigenvalue weighted by Gasteiger charge is -2.30. The van der Waals surface area contributed by atoms with Crippen molar-refractivity contribution in [2.75, 3.05) is 7.11 Å². The summed E-state index contributed by atoms with van der Waals surface area (Å²) in [5.74, 6) is 1.50. The first-order chi connectivity index (χ1) is 14.0. The fourth-order valence-electron chi connectivity index (χ4n) is 3.22. The number of aliphatic hydroxyl groups excluding tert-OH is 1. The minimum atomic E-state index is -0.770. The van der Waals surface area contributed by atoms with Crippen LogP contribution in [0.3, 0.4) is 0 Å². The first-order valence-electron chi connectivity index (χ1n) is 8.95. The largest absolute Gasteiger partial charge is 0.497 e. The highest BCUT2D eigenvalue weighted by Crippen LogP contribution is 2.43. The molecule has 0 amide bonds. The molecule has 0 radical (unpaired) electrons. The van der Waals surface area contributed by atoms with Gasteiger partial charge in [-0.2, -0.15) is 0 Å². The molecule has 148 valence electrons. The van der Waals surface area contributed by atoms with E-state index in [2.05, 4.69) is 4.98 Å². The van der Waals surface area contributed by atoms with Crippen LogP contribution in [-0.2, 0) is 0 Å². The maximum Gasteiger partial charge on any atom is 0.331 e. The number of fused-ring (bicyclic) bond motifs is 1. The van der Waals surface area contributed by atoms with E-state index in [9.17, 15) is 15.2 Å². The van der Waals surface area contributed by atoms with E-state index in [0.29, 0.717) is 23.5 Å². The lowest BCUT2D eigenvalue weighted by atomic mass is 9.95. The molecule has 1 aliphatic heterocycles. The molecule has 1 aliphatic rings. The molecule has 8 nitrogen and oxygen atoms in total. The van der Waals surface area contributed by atoms with Gasteiger partial charge in [-0.05, 0) is 42.0 Å². The Hall–Kier alpha value is -3.65. The zero-order valence-electron chi connectivity index (χ0n) is 15.5. The summed E-state index contributed by atoms with van der Waals surface area (Å²) in [4.78, 5) is 14.5. The molecule has 8 heteroatoms. The molecule has 1 N–H and O–H groups in total. The molecular formula is C21H18N2O6. The van der Waals surface area contributed by atoms with Gasteiger partial charge in [0.05, 0.1) is 18.1 Å². The van der Waals surface area contributed by atoms with Gasteiger partial charge in [0, 0.05) is 24.2 Å². The van der Waals surface area contributed by atoms with E-state index in [1.165, 1.54) is 18.3 Å². The Bertz CT molecular complexity index is 1040. The Morgan fingerprint density at radius 3 is 2.66 bits per heavy atom. The summed E-state index contributed by atoms with van der Waals surface area (Å²) in [6.07, 6.45) is 0.713. The predicted octanol–water partition coefficient (Wildman–Crippen LogP) is 4.35. The lowest BCUT2D eigenvalue weighted by molar-refractivity contribution is -0.386. The van der Waals surface area contributed by atoms with Crippen molar-refractivity contribution >= 4 is 5.69 Å². The molecule has 2 aromatic carbocycles. The molecule has 29 heavy (non-hydrogen) atoms. The van der Waals surface area contributed by atoms with Gasteiger partial charge in [0.15, 0.2) is 0 Å². The van der Waals surface area contributed by atoms with Crippen molar-refractivity contribution in [3.05, 3.63) is 82.0 Å². The second-order valence-corrected chi connectivity index (χ2v) is 6.52. The number of aliphatic hydroxyl groups is 1. The van der Waals surface area contributed by atoms with Crippen molar-refractivity contribution in [2.24, 2.45) is 0 Å². The first kappa shape index (κ1) is 18.7. The fraction of sp³-hybridized carbons (Fsp3) is 0.190. The van der Waals surface area contributed by atoms with Crippen LogP contribution in [0.15, 0.2) is 60.8 Å². The minimum Gasteiger partial charge on any atom is -0.497 e. The van der Waals surface area contributed by atoms with Gasteiger partial charge in [-0.3, -0.25) is 10.1 Å². The van der Waals surface area contributed by atoms with Crippen LogP contribution in [0.1, 0.15) is 29.8 Å². The van der Waals surface area contributed by atoms with Gasteiger partial charge in [0.25, 0.3) is 5.88 Å². The van der Waals surface area contributed by atoms with Gasteiger partial charge in [0.1, 0.15) is 23.4 Å². The number of rotatable bonds is 5. The Kier molecular flexibility index (Phi) is 5.01. The number of benzene rings is 2. The van der Waals surface area contributed by atoms with Crippen LogP contribution in [0.25, 0.3) is 0 Å². The van der Waals surface area contributed by atoms with Crippen molar-refractivity contribution in [1.29, 1.82) is 0 Å². The summed E-state index contributed by atoms with van der Waals surface area (Å²) in [6.45, 7) is 0. The van der Waals surface area contributed by atoms with E-state index < -0.39 is 11.0 Å². The molecule has 3 aromatic rings. The Morgan fingerprint density at radius 1 is 1.17 bits per heavy atom. The maximum atomic E-state index is 11.1. The van der Waals surface area contributed by atoms with Crippen molar-refractivity contribution in [3.8, 4) is 23.1 Å². The third-order valence-electron chi connectivity index (χ3n) is 4.70. The topological polar surface area (TPSA) is 104 Å². The fourth-order valence-corrected chi connectivity index (χ4v) is 3.22. The number of hydrogen-bond acceptors (Lipinski definition) is 7. The minimum absolute atomic E-state index is 0.111. The molecule has 0 bridgehead atoms. The highest BCUT2D eigenvalue weighted by Gasteiger charge is 2.29.